The van der Waals surface area contributed by atoms with Crippen LogP contribution in [0.1, 0.15) is 54.4 Å². The fraction of sp³-hybridized carbons (Fsp3) is 0.647. The van der Waals surface area contributed by atoms with E-state index >= 15 is 0 Å². The minimum Gasteiger partial charge on any atom is -0.466 e. The lowest BCUT2D eigenvalue weighted by Gasteiger charge is -2.31. The monoisotopic (exact) mass is 294 g/mol. The molecule has 21 heavy (non-hydrogen) atoms. The summed E-state index contributed by atoms with van der Waals surface area (Å²) < 4.78 is 10.2. The second-order valence-corrected chi connectivity index (χ2v) is 7.09. The summed E-state index contributed by atoms with van der Waals surface area (Å²) in [7, 11) is 1.37. The van der Waals surface area contributed by atoms with Crippen molar-refractivity contribution in [1.82, 2.24) is 0 Å². The molecule has 0 atom stereocenters. The Morgan fingerprint density at radius 3 is 2.29 bits per heavy atom. The minimum atomic E-state index is -0.526. The first-order chi connectivity index (χ1) is 9.48. The molecule has 0 radical (unpaired) electrons. The van der Waals surface area contributed by atoms with Gasteiger partial charge in [-0.1, -0.05) is 13.8 Å². The van der Waals surface area contributed by atoms with Crippen molar-refractivity contribution in [3.05, 3.63) is 22.8 Å². The second-order valence-electron chi connectivity index (χ2n) is 7.09. The molecule has 1 aliphatic rings. The number of methoxy groups -OCH3 is 1. The van der Waals surface area contributed by atoms with Crippen molar-refractivity contribution >= 4 is 11.9 Å². The largest absolute Gasteiger partial charge is 0.466 e. The Hall–Kier alpha value is -1.58. The molecule has 1 aliphatic carbocycles. The zero-order valence-electron chi connectivity index (χ0n) is 14.1. The highest BCUT2D eigenvalue weighted by Gasteiger charge is 2.33. The fourth-order valence-corrected chi connectivity index (χ4v) is 2.25. The number of hydrogen-bond donors (Lipinski definition) is 0. The second kappa shape index (κ2) is 6.04. The molecule has 0 N–H and O–H groups in total. The van der Waals surface area contributed by atoms with Crippen molar-refractivity contribution in [3.8, 4) is 0 Å². The predicted octanol–water partition coefficient (Wildman–Crippen LogP) is 3.56. The lowest BCUT2D eigenvalue weighted by Crippen LogP contribution is -2.27. The summed E-state index contributed by atoms with van der Waals surface area (Å²) in [5.74, 6) is -0.674. The fourth-order valence-electron chi connectivity index (χ4n) is 2.25. The van der Waals surface area contributed by atoms with Gasteiger partial charge in [0.15, 0.2) is 0 Å². The summed E-state index contributed by atoms with van der Waals surface area (Å²) >= 11 is 0. The molecule has 0 fully saturated rings. The van der Waals surface area contributed by atoms with E-state index in [4.69, 9.17) is 9.47 Å². The molecule has 0 unspecified atom stereocenters. The maximum atomic E-state index is 12.1. The van der Waals surface area contributed by atoms with Gasteiger partial charge in [0.2, 0.25) is 0 Å². The first-order valence-electron chi connectivity index (χ1n) is 7.21. The van der Waals surface area contributed by atoms with Crippen LogP contribution in [0.5, 0.6) is 0 Å². The van der Waals surface area contributed by atoms with Gasteiger partial charge in [0.05, 0.1) is 7.11 Å². The van der Waals surface area contributed by atoms with Crippen molar-refractivity contribution in [1.29, 1.82) is 0 Å². The predicted molar refractivity (Wildman–Crippen MR) is 81.7 cm³/mol. The molecule has 0 amide bonds. The van der Waals surface area contributed by atoms with Crippen LogP contribution in [0.25, 0.3) is 0 Å². The molecule has 0 aromatic rings. The van der Waals surface area contributed by atoms with Gasteiger partial charge in [-0.3, -0.25) is 0 Å². The van der Waals surface area contributed by atoms with Crippen LogP contribution in [0.3, 0.4) is 0 Å². The van der Waals surface area contributed by atoms with E-state index in [1.165, 1.54) is 7.11 Å². The van der Waals surface area contributed by atoms with Gasteiger partial charge >= 0.3 is 11.9 Å². The lowest BCUT2D eigenvalue weighted by molar-refractivity contribution is -0.150. The van der Waals surface area contributed by atoms with Gasteiger partial charge in [0.25, 0.3) is 0 Å². The molecule has 0 heterocycles. The molecule has 0 aliphatic heterocycles. The third kappa shape index (κ3) is 4.45. The van der Waals surface area contributed by atoms with Crippen LogP contribution in [-0.2, 0) is 19.1 Å². The molecule has 118 valence electrons. The first-order valence-corrected chi connectivity index (χ1v) is 7.21. The standard InChI is InChI=1S/C17H26O4/c1-11(14(18)21-16(2,3)4)12-8-9-17(5,6)13(10-12)15(19)20-7/h10H,8-9H2,1-7H3. The highest BCUT2D eigenvalue weighted by atomic mass is 16.6. The van der Waals surface area contributed by atoms with Crippen molar-refractivity contribution in [2.24, 2.45) is 5.41 Å². The summed E-state index contributed by atoms with van der Waals surface area (Å²) in [4.78, 5) is 24.1. The summed E-state index contributed by atoms with van der Waals surface area (Å²) in [6.45, 7) is 11.3. The number of allylic oxidation sites excluding steroid dienone is 2. The average molecular weight is 294 g/mol. The quantitative estimate of drug-likeness (QED) is 0.577. The van der Waals surface area contributed by atoms with Crippen LogP contribution in [0.15, 0.2) is 22.8 Å². The number of esters is 2. The Kier molecular flexibility index (Phi) is 5.03. The Bertz CT molecular complexity index is 501. The number of ether oxygens (including phenoxy) is 2. The van der Waals surface area contributed by atoms with E-state index in [1.54, 1.807) is 13.0 Å². The van der Waals surface area contributed by atoms with Gasteiger partial charge < -0.3 is 9.47 Å². The van der Waals surface area contributed by atoms with Crippen LogP contribution in [-0.4, -0.2) is 24.6 Å². The molecule has 1 rings (SSSR count). The van der Waals surface area contributed by atoms with E-state index in [2.05, 4.69) is 0 Å². The highest BCUT2D eigenvalue weighted by molar-refractivity contribution is 5.93. The van der Waals surface area contributed by atoms with Gasteiger partial charge in [-0.05, 0) is 57.6 Å². The van der Waals surface area contributed by atoms with Crippen molar-refractivity contribution < 1.29 is 19.1 Å². The van der Waals surface area contributed by atoms with E-state index in [9.17, 15) is 9.59 Å². The molecular weight excluding hydrogens is 268 g/mol. The maximum absolute atomic E-state index is 12.1. The van der Waals surface area contributed by atoms with E-state index in [0.717, 1.165) is 18.4 Å². The number of rotatable bonds is 2. The summed E-state index contributed by atoms with van der Waals surface area (Å²) in [5, 5.41) is 0. The Morgan fingerprint density at radius 2 is 1.81 bits per heavy atom. The molecule has 4 nitrogen and oxygen atoms in total. The molecule has 0 saturated heterocycles. The maximum Gasteiger partial charge on any atom is 0.334 e. The number of carbonyl (C=O) groups excluding carboxylic acids is 2. The minimum absolute atomic E-state index is 0.245. The molecule has 0 aromatic carbocycles. The van der Waals surface area contributed by atoms with E-state index < -0.39 is 5.60 Å². The topological polar surface area (TPSA) is 52.6 Å². The highest BCUT2D eigenvalue weighted by Crippen LogP contribution is 2.40. The Balaban J connectivity index is 3.16. The third-order valence-corrected chi connectivity index (χ3v) is 3.66. The van der Waals surface area contributed by atoms with Gasteiger partial charge in [0.1, 0.15) is 5.60 Å². The lowest BCUT2D eigenvalue weighted by atomic mass is 9.73. The Morgan fingerprint density at radius 1 is 1.24 bits per heavy atom. The number of carbonyl (C=O) groups is 2. The SMILES string of the molecule is COC(=O)C1=CC(=C(C)C(=O)OC(C)(C)C)CCC1(C)C. The Labute approximate surface area is 127 Å². The smallest absolute Gasteiger partial charge is 0.334 e. The van der Waals surface area contributed by atoms with Crippen molar-refractivity contribution in [2.45, 2.75) is 60.0 Å². The molecule has 0 bridgehead atoms. The molecule has 0 saturated carbocycles. The summed E-state index contributed by atoms with van der Waals surface area (Å²) in [5.41, 5.74) is 1.24. The molecule has 0 spiro atoms. The summed E-state index contributed by atoms with van der Waals surface area (Å²) in [6.07, 6.45) is 3.33. The third-order valence-electron chi connectivity index (χ3n) is 3.66. The van der Waals surface area contributed by atoms with E-state index in [0.29, 0.717) is 11.1 Å². The van der Waals surface area contributed by atoms with Crippen molar-refractivity contribution in [2.75, 3.05) is 7.11 Å². The molecule has 0 aromatic heterocycles. The zero-order chi connectivity index (χ0) is 16.4. The van der Waals surface area contributed by atoms with Crippen LogP contribution in [0.2, 0.25) is 0 Å². The van der Waals surface area contributed by atoms with Gasteiger partial charge in [-0.15, -0.1) is 0 Å². The number of hydrogen-bond acceptors (Lipinski definition) is 4. The first kappa shape index (κ1) is 17.5. The van der Waals surface area contributed by atoms with Crippen LogP contribution in [0, 0.1) is 5.41 Å². The molecule has 4 heteroatoms. The van der Waals surface area contributed by atoms with Gasteiger partial charge in [0, 0.05) is 11.1 Å². The molecular formula is C17H26O4. The zero-order valence-corrected chi connectivity index (χ0v) is 14.1. The normalized spacial score (nSPS) is 20.4. The van der Waals surface area contributed by atoms with Gasteiger partial charge in [-0.2, -0.15) is 0 Å². The average Bonchev–Trinajstić information content (AvgIpc) is 2.34. The van der Waals surface area contributed by atoms with Crippen LogP contribution < -0.4 is 0 Å². The van der Waals surface area contributed by atoms with E-state index in [-0.39, 0.29) is 17.4 Å². The van der Waals surface area contributed by atoms with Crippen molar-refractivity contribution in [3.63, 3.8) is 0 Å². The van der Waals surface area contributed by atoms with E-state index in [1.807, 2.05) is 34.6 Å². The van der Waals surface area contributed by atoms with Gasteiger partial charge in [-0.25, -0.2) is 9.59 Å². The van der Waals surface area contributed by atoms with Crippen LogP contribution in [0.4, 0.5) is 0 Å². The van der Waals surface area contributed by atoms with Crippen LogP contribution >= 0.6 is 0 Å². The summed E-state index contributed by atoms with van der Waals surface area (Å²) in [6, 6.07) is 0.